The molecule has 2 aromatic carbocycles. The standard InChI is InChI=1S/C13H10Br2S/c1-16-13-8-11(15)6-7-12(13)9-2-4-10(14)5-3-9/h2-8H,1H3. The maximum atomic E-state index is 3.50. The summed E-state index contributed by atoms with van der Waals surface area (Å²) in [6.45, 7) is 0. The molecule has 0 amide bonds. The summed E-state index contributed by atoms with van der Waals surface area (Å²) in [5.74, 6) is 0. The lowest BCUT2D eigenvalue weighted by molar-refractivity contribution is 1.42. The van der Waals surface area contributed by atoms with Crippen LogP contribution in [0, 0.1) is 0 Å². The van der Waals surface area contributed by atoms with E-state index in [1.807, 2.05) is 0 Å². The van der Waals surface area contributed by atoms with Crippen LogP contribution in [0.4, 0.5) is 0 Å². The maximum Gasteiger partial charge on any atom is 0.0186 e. The molecule has 0 saturated carbocycles. The fraction of sp³-hybridized carbons (Fsp3) is 0.0769. The Morgan fingerprint density at radius 3 is 2.12 bits per heavy atom. The SMILES string of the molecule is CSc1cc(Br)ccc1-c1ccc(Br)cc1. The van der Waals surface area contributed by atoms with Crippen LogP contribution >= 0.6 is 43.6 Å². The topological polar surface area (TPSA) is 0 Å². The molecule has 0 aromatic heterocycles. The van der Waals surface area contributed by atoms with Gasteiger partial charge in [-0.3, -0.25) is 0 Å². The van der Waals surface area contributed by atoms with Gasteiger partial charge in [0.15, 0.2) is 0 Å². The Balaban J connectivity index is 2.51. The molecule has 0 fully saturated rings. The van der Waals surface area contributed by atoms with Crippen molar-refractivity contribution in [1.29, 1.82) is 0 Å². The molecule has 0 atom stereocenters. The van der Waals surface area contributed by atoms with Gasteiger partial charge < -0.3 is 0 Å². The molecule has 0 aliphatic heterocycles. The van der Waals surface area contributed by atoms with E-state index >= 15 is 0 Å². The van der Waals surface area contributed by atoms with Gasteiger partial charge in [-0.2, -0.15) is 0 Å². The van der Waals surface area contributed by atoms with Crippen LogP contribution in [0.15, 0.2) is 56.3 Å². The van der Waals surface area contributed by atoms with Crippen molar-refractivity contribution >= 4 is 43.6 Å². The molecule has 16 heavy (non-hydrogen) atoms. The van der Waals surface area contributed by atoms with Gasteiger partial charge in [-0.1, -0.05) is 50.1 Å². The zero-order chi connectivity index (χ0) is 11.5. The Bertz CT molecular complexity index is 492. The minimum absolute atomic E-state index is 1.11. The van der Waals surface area contributed by atoms with Crippen LogP contribution in [0.1, 0.15) is 0 Å². The first-order chi connectivity index (χ1) is 7.70. The smallest absolute Gasteiger partial charge is 0.0186 e. The second-order valence-electron chi connectivity index (χ2n) is 3.35. The number of benzene rings is 2. The third kappa shape index (κ3) is 2.70. The molecule has 0 N–H and O–H groups in total. The van der Waals surface area contributed by atoms with E-state index in [0.29, 0.717) is 0 Å². The van der Waals surface area contributed by atoms with Gasteiger partial charge in [0, 0.05) is 13.8 Å². The second kappa shape index (κ2) is 5.39. The van der Waals surface area contributed by atoms with E-state index < -0.39 is 0 Å². The van der Waals surface area contributed by atoms with Crippen LogP contribution in [0.2, 0.25) is 0 Å². The predicted molar refractivity (Wildman–Crippen MR) is 79.1 cm³/mol. The van der Waals surface area contributed by atoms with Crippen molar-refractivity contribution in [3.8, 4) is 11.1 Å². The predicted octanol–water partition coefficient (Wildman–Crippen LogP) is 5.60. The van der Waals surface area contributed by atoms with Crippen LogP contribution in [0.3, 0.4) is 0 Å². The van der Waals surface area contributed by atoms with Gasteiger partial charge in [0.05, 0.1) is 0 Å². The summed E-state index contributed by atoms with van der Waals surface area (Å²) >= 11 is 8.72. The van der Waals surface area contributed by atoms with Crippen LogP contribution in [-0.2, 0) is 0 Å². The van der Waals surface area contributed by atoms with Crippen molar-refractivity contribution in [2.24, 2.45) is 0 Å². The van der Waals surface area contributed by atoms with Crippen LogP contribution in [0.25, 0.3) is 11.1 Å². The molecular formula is C13H10Br2S. The van der Waals surface area contributed by atoms with Gasteiger partial charge in [-0.15, -0.1) is 11.8 Å². The van der Waals surface area contributed by atoms with E-state index in [1.165, 1.54) is 16.0 Å². The highest BCUT2D eigenvalue weighted by atomic mass is 79.9. The lowest BCUT2D eigenvalue weighted by Crippen LogP contribution is -1.82. The molecule has 0 saturated heterocycles. The Labute approximate surface area is 117 Å². The summed E-state index contributed by atoms with van der Waals surface area (Å²) in [6, 6.07) is 14.8. The molecule has 0 nitrogen and oxygen atoms in total. The van der Waals surface area contributed by atoms with Gasteiger partial charge >= 0.3 is 0 Å². The fourth-order valence-corrected chi connectivity index (χ4v) is 2.96. The highest BCUT2D eigenvalue weighted by Crippen LogP contribution is 2.33. The first kappa shape index (κ1) is 12.2. The third-order valence-electron chi connectivity index (χ3n) is 2.32. The van der Waals surface area contributed by atoms with Crippen molar-refractivity contribution in [3.05, 3.63) is 51.4 Å². The van der Waals surface area contributed by atoms with E-state index in [0.717, 1.165) is 8.95 Å². The summed E-state index contributed by atoms with van der Waals surface area (Å²) in [5.41, 5.74) is 2.53. The van der Waals surface area contributed by atoms with E-state index in [-0.39, 0.29) is 0 Å². The Kier molecular flexibility index (Phi) is 4.11. The van der Waals surface area contributed by atoms with Crippen molar-refractivity contribution in [2.75, 3.05) is 6.26 Å². The zero-order valence-electron chi connectivity index (χ0n) is 8.71. The van der Waals surface area contributed by atoms with E-state index in [2.05, 4.69) is 80.6 Å². The van der Waals surface area contributed by atoms with Crippen LogP contribution in [-0.4, -0.2) is 6.26 Å². The summed E-state index contributed by atoms with van der Waals surface area (Å²) in [5, 5.41) is 0. The molecule has 82 valence electrons. The van der Waals surface area contributed by atoms with Crippen LogP contribution in [0.5, 0.6) is 0 Å². The Morgan fingerprint density at radius 1 is 0.875 bits per heavy atom. The molecule has 2 aromatic rings. The summed E-state index contributed by atoms with van der Waals surface area (Å²) in [7, 11) is 0. The fourth-order valence-electron chi connectivity index (χ4n) is 1.53. The highest BCUT2D eigenvalue weighted by molar-refractivity contribution is 9.10. The van der Waals surface area contributed by atoms with Crippen molar-refractivity contribution in [1.82, 2.24) is 0 Å². The summed E-state index contributed by atoms with van der Waals surface area (Å²) in [4.78, 5) is 1.29. The third-order valence-corrected chi connectivity index (χ3v) is 4.12. The minimum atomic E-state index is 1.11. The average molecular weight is 358 g/mol. The molecule has 2 rings (SSSR count). The van der Waals surface area contributed by atoms with Crippen molar-refractivity contribution < 1.29 is 0 Å². The van der Waals surface area contributed by atoms with Crippen LogP contribution < -0.4 is 0 Å². The van der Waals surface area contributed by atoms with Gasteiger partial charge in [-0.25, -0.2) is 0 Å². The summed E-state index contributed by atoms with van der Waals surface area (Å²) < 4.78 is 2.23. The van der Waals surface area contributed by atoms with Crippen molar-refractivity contribution in [3.63, 3.8) is 0 Å². The first-order valence-electron chi connectivity index (χ1n) is 4.80. The molecule has 0 radical (unpaired) electrons. The molecule has 0 unspecified atom stereocenters. The maximum absolute atomic E-state index is 3.50. The molecule has 0 heterocycles. The van der Waals surface area contributed by atoms with E-state index in [9.17, 15) is 0 Å². The highest BCUT2D eigenvalue weighted by Gasteiger charge is 2.04. The number of thioether (sulfide) groups is 1. The van der Waals surface area contributed by atoms with Crippen molar-refractivity contribution in [2.45, 2.75) is 4.90 Å². The lowest BCUT2D eigenvalue weighted by atomic mass is 10.1. The molecule has 0 aliphatic rings. The van der Waals surface area contributed by atoms with E-state index in [4.69, 9.17) is 0 Å². The Hall–Kier alpha value is -0.250. The van der Waals surface area contributed by atoms with Gasteiger partial charge in [0.1, 0.15) is 0 Å². The van der Waals surface area contributed by atoms with Gasteiger partial charge in [0.25, 0.3) is 0 Å². The quantitative estimate of drug-likeness (QED) is 0.630. The second-order valence-corrected chi connectivity index (χ2v) is 6.03. The minimum Gasteiger partial charge on any atom is -0.129 e. The van der Waals surface area contributed by atoms with E-state index in [1.54, 1.807) is 11.8 Å². The number of rotatable bonds is 2. The molecule has 3 heteroatoms. The zero-order valence-corrected chi connectivity index (χ0v) is 12.7. The molecule has 0 spiro atoms. The number of halogens is 2. The largest absolute Gasteiger partial charge is 0.129 e. The Morgan fingerprint density at radius 2 is 1.50 bits per heavy atom. The lowest BCUT2D eigenvalue weighted by Gasteiger charge is -2.08. The molecular weight excluding hydrogens is 348 g/mol. The summed E-state index contributed by atoms with van der Waals surface area (Å²) in [6.07, 6.45) is 2.10. The number of hydrogen-bond acceptors (Lipinski definition) is 1. The molecule has 0 bridgehead atoms. The normalized spacial score (nSPS) is 10.4. The number of hydrogen-bond donors (Lipinski definition) is 0. The van der Waals surface area contributed by atoms with Gasteiger partial charge in [0.2, 0.25) is 0 Å². The monoisotopic (exact) mass is 356 g/mol. The van der Waals surface area contributed by atoms with Gasteiger partial charge in [-0.05, 0) is 41.6 Å². The average Bonchev–Trinajstić information content (AvgIpc) is 2.30. The molecule has 0 aliphatic carbocycles. The first-order valence-corrected chi connectivity index (χ1v) is 7.61.